The van der Waals surface area contributed by atoms with Crippen molar-refractivity contribution in [2.45, 2.75) is 20.8 Å². The summed E-state index contributed by atoms with van der Waals surface area (Å²) >= 11 is 0. The standard InChI is InChI=1S/C9H20N2O/c1-5-10-6-7-11(4)9(12)8(2)3/h8,10H,5-7H2,1-4H3. The Labute approximate surface area is 75.1 Å². The lowest BCUT2D eigenvalue weighted by Crippen LogP contribution is -2.36. The summed E-state index contributed by atoms with van der Waals surface area (Å²) < 4.78 is 0. The number of rotatable bonds is 5. The van der Waals surface area contributed by atoms with E-state index in [1.54, 1.807) is 4.90 Å². The molecule has 0 aromatic carbocycles. The van der Waals surface area contributed by atoms with E-state index < -0.39 is 0 Å². The minimum Gasteiger partial charge on any atom is -0.344 e. The Balaban J connectivity index is 3.57. The molecule has 0 bridgehead atoms. The zero-order valence-corrected chi connectivity index (χ0v) is 8.55. The summed E-state index contributed by atoms with van der Waals surface area (Å²) in [7, 11) is 1.85. The monoisotopic (exact) mass is 172 g/mol. The van der Waals surface area contributed by atoms with Crippen molar-refractivity contribution < 1.29 is 4.79 Å². The molecule has 0 aliphatic heterocycles. The van der Waals surface area contributed by atoms with Gasteiger partial charge in [0.25, 0.3) is 0 Å². The van der Waals surface area contributed by atoms with E-state index in [1.807, 2.05) is 20.9 Å². The molecule has 0 aromatic rings. The zero-order valence-electron chi connectivity index (χ0n) is 8.55. The van der Waals surface area contributed by atoms with Crippen LogP contribution in [0.25, 0.3) is 0 Å². The van der Waals surface area contributed by atoms with Gasteiger partial charge in [-0.15, -0.1) is 0 Å². The molecule has 12 heavy (non-hydrogen) atoms. The molecule has 0 aromatic heterocycles. The Morgan fingerprint density at radius 2 is 2.08 bits per heavy atom. The maximum atomic E-state index is 11.3. The number of nitrogens with one attached hydrogen (secondary N) is 1. The van der Waals surface area contributed by atoms with Crippen molar-refractivity contribution in [1.29, 1.82) is 0 Å². The molecule has 1 N–H and O–H groups in total. The van der Waals surface area contributed by atoms with Crippen molar-refractivity contribution in [3.8, 4) is 0 Å². The van der Waals surface area contributed by atoms with Gasteiger partial charge in [-0.1, -0.05) is 20.8 Å². The first-order valence-corrected chi connectivity index (χ1v) is 4.55. The number of carbonyl (C=O) groups is 1. The van der Waals surface area contributed by atoms with Gasteiger partial charge in [0.2, 0.25) is 5.91 Å². The van der Waals surface area contributed by atoms with Crippen LogP contribution in [0.4, 0.5) is 0 Å². The summed E-state index contributed by atoms with van der Waals surface area (Å²) in [5.74, 6) is 0.324. The molecule has 3 nitrogen and oxygen atoms in total. The van der Waals surface area contributed by atoms with Gasteiger partial charge in [0.05, 0.1) is 0 Å². The Hall–Kier alpha value is -0.570. The minimum absolute atomic E-state index is 0.108. The smallest absolute Gasteiger partial charge is 0.224 e. The van der Waals surface area contributed by atoms with E-state index in [4.69, 9.17) is 0 Å². The molecule has 0 unspecified atom stereocenters. The van der Waals surface area contributed by atoms with Crippen LogP contribution in [0.1, 0.15) is 20.8 Å². The van der Waals surface area contributed by atoms with Gasteiger partial charge in [-0.25, -0.2) is 0 Å². The maximum Gasteiger partial charge on any atom is 0.224 e. The van der Waals surface area contributed by atoms with Crippen molar-refractivity contribution in [3.05, 3.63) is 0 Å². The van der Waals surface area contributed by atoms with Crippen LogP contribution in [0.2, 0.25) is 0 Å². The topological polar surface area (TPSA) is 32.3 Å². The molecule has 0 radical (unpaired) electrons. The van der Waals surface area contributed by atoms with Gasteiger partial charge in [-0.3, -0.25) is 4.79 Å². The van der Waals surface area contributed by atoms with Crippen molar-refractivity contribution >= 4 is 5.91 Å². The minimum atomic E-state index is 0.108. The fraction of sp³-hybridized carbons (Fsp3) is 0.889. The van der Waals surface area contributed by atoms with E-state index >= 15 is 0 Å². The molecule has 0 fully saturated rings. The highest BCUT2D eigenvalue weighted by molar-refractivity contribution is 5.77. The van der Waals surface area contributed by atoms with Gasteiger partial charge in [-0.2, -0.15) is 0 Å². The molecular weight excluding hydrogens is 152 g/mol. The molecule has 0 aliphatic rings. The largest absolute Gasteiger partial charge is 0.344 e. The second-order valence-corrected chi connectivity index (χ2v) is 3.27. The molecule has 0 rings (SSSR count). The van der Waals surface area contributed by atoms with E-state index in [0.29, 0.717) is 0 Å². The van der Waals surface area contributed by atoms with Gasteiger partial charge >= 0.3 is 0 Å². The first kappa shape index (κ1) is 11.4. The number of nitrogens with zero attached hydrogens (tertiary/aromatic N) is 1. The first-order chi connectivity index (χ1) is 5.59. The van der Waals surface area contributed by atoms with Crippen LogP contribution >= 0.6 is 0 Å². The summed E-state index contributed by atoms with van der Waals surface area (Å²) in [6.45, 7) is 8.54. The van der Waals surface area contributed by atoms with Gasteiger partial charge in [0, 0.05) is 26.1 Å². The molecule has 0 saturated carbocycles. The summed E-state index contributed by atoms with van der Waals surface area (Å²) in [5.41, 5.74) is 0. The Bertz CT molecular complexity index is 134. The summed E-state index contributed by atoms with van der Waals surface area (Å²) in [5, 5.41) is 3.18. The molecule has 0 heterocycles. The van der Waals surface area contributed by atoms with Crippen molar-refractivity contribution in [2.24, 2.45) is 5.92 Å². The summed E-state index contributed by atoms with van der Waals surface area (Å²) in [4.78, 5) is 13.1. The number of amides is 1. The van der Waals surface area contributed by atoms with Crippen LogP contribution in [0.5, 0.6) is 0 Å². The molecule has 0 atom stereocenters. The fourth-order valence-corrected chi connectivity index (χ4v) is 0.975. The van der Waals surface area contributed by atoms with Crippen molar-refractivity contribution in [2.75, 3.05) is 26.7 Å². The van der Waals surface area contributed by atoms with Crippen molar-refractivity contribution in [3.63, 3.8) is 0 Å². The normalized spacial score (nSPS) is 10.4. The quantitative estimate of drug-likeness (QED) is 0.619. The lowest BCUT2D eigenvalue weighted by Gasteiger charge is -2.19. The molecule has 3 heteroatoms. The van der Waals surface area contributed by atoms with E-state index in [2.05, 4.69) is 12.2 Å². The van der Waals surface area contributed by atoms with Gasteiger partial charge in [-0.05, 0) is 6.54 Å². The van der Waals surface area contributed by atoms with Gasteiger partial charge in [0.15, 0.2) is 0 Å². The van der Waals surface area contributed by atoms with Crippen LogP contribution in [-0.4, -0.2) is 37.5 Å². The van der Waals surface area contributed by atoms with Crippen LogP contribution < -0.4 is 5.32 Å². The summed E-state index contributed by atoms with van der Waals surface area (Å²) in [6, 6.07) is 0. The number of carbonyl (C=O) groups excluding carboxylic acids is 1. The lowest BCUT2D eigenvalue weighted by molar-refractivity contribution is -0.133. The maximum absolute atomic E-state index is 11.3. The highest BCUT2D eigenvalue weighted by Crippen LogP contribution is 1.97. The van der Waals surface area contributed by atoms with Crippen molar-refractivity contribution in [1.82, 2.24) is 10.2 Å². The third kappa shape index (κ3) is 4.34. The molecular formula is C9H20N2O. The predicted octanol–water partition coefficient (Wildman–Crippen LogP) is 0.710. The van der Waals surface area contributed by atoms with E-state index in [-0.39, 0.29) is 11.8 Å². The van der Waals surface area contributed by atoms with Crippen LogP contribution in [0.15, 0.2) is 0 Å². The predicted molar refractivity (Wildman–Crippen MR) is 51.0 cm³/mol. The van der Waals surface area contributed by atoms with E-state index in [1.165, 1.54) is 0 Å². The lowest BCUT2D eigenvalue weighted by atomic mass is 10.2. The molecule has 1 amide bonds. The second-order valence-electron chi connectivity index (χ2n) is 3.27. The highest BCUT2D eigenvalue weighted by atomic mass is 16.2. The Morgan fingerprint density at radius 3 is 2.50 bits per heavy atom. The third-order valence-corrected chi connectivity index (χ3v) is 1.74. The highest BCUT2D eigenvalue weighted by Gasteiger charge is 2.11. The average Bonchev–Trinajstić information content (AvgIpc) is 2.03. The van der Waals surface area contributed by atoms with E-state index in [0.717, 1.165) is 19.6 Å². The Morgan fingerprint density at radius 1 is 1.50 bits per heavy atom. The molecule has 0 spiro atoms. The zero-order chi connectivity index (χ0) is 9.56. The van der Waals surface area contributed by atoms with Crippen LogP contribution in [0.3, 0.4) is 0 Å². The van der Waals surface area contributed by atoms with E-state index in [9.17, 15) is 4.79 Å². The number of hydrogen-bond acceptors (Lipinski definition) is 2. The Kier molecular flexibility index (Phi) is 5.72. The van der Waals surface area contributed by atoms with Crippen LogP contribution in [-0.2, 0) is 4.79 Å². The SMILES string of the molecule is CCNCCN(C)C(=O)C(C)C. The number of hydrogen-bond donors (Lipinski definition) is 1. The second kappa shape index (κ2) is 6.00. The third-order valence-electron chi connectivity index (χ3n) is 1.74. The first-order valence-electron chi connectivity index (χ1n) is 4.55. The molecule has 0 aliphatic carbocycles. The van der Waals surface area contributed by atoms with Gasteiger partial charge < -0.3 is 10.2 Å². The average molecular weight is 172 g/mol. The molecule has 0 saturated heterocycles. The number of likely N-dealkylation sites (N-methyl/N-ethyl adjacent to an activating group) is 2. The molecule has 72 valence electrons. The van der Waals surface area contributed by atoms with Gasteiger partial charge in [0.1, 0.15) is 0 Å². The van der Waals surface area contributed by atoms with Crippen LogP contribution in [0, 0.1) is 5.92 Å². The summed E-state index contributed by atoms with van der Waals surface area (Å²) in [6.07, 6.45) is 0. The fourth-order valence-electron chi connectivity index (χ4n) is 0.975.